The van der Waals surface area contributed by atoms with Crippen LogP contribution in [-0.2, 0) is 22.7 Å². The van der Waals surface area contributed by atoms with Crippen molar-refractivity contribution in [2.75, 3.05) is 6.54 Å². The second-order valence-corrected chi connectivity index (χ2v) is 10.1. The molecule has 0 radical (unpaired) electrons. The summed E-state index contributed by atoms with van der Waals surface area (Å²) in [5.41, 5.74) is 1.10. The second-order valence-electron chi connectivity index (χ2n) is 8.69. The molecule has 0 saturated heterocycles. The maximum Gasteiger partial charge on any atom is 0.242 e. The van der Waals surface area contributed by atoms with Gasteiger partial charge >= 0.3 is 0 Å². The van der Waals surface area contributed by atoms with Crippen molar-refractivity contribution in [2.24, 2.45) is 0 Å². The summed E-state index contributed by atoms with van der Waals surface area (Å²) in [5.74, 6) is 0.121. The first-order valence-electron chi connectivity index (χ1n) is 12.1. The number of carbonyl (C=O) groups is 2. The first kappa shape index (κ1) is 26.1. The molecule has 2 amide bonds. The number of thiophene rings is 1. The van der Waals surface area contributed by atoms with E-state index in [1.807, 2.05) is 42.2 Å². The van der Waals surface area contributed by atoms with Gasteiger partial charge in [-0.05, 0) is 44.4 Å². The van der Waals surface area contributed by atoms with Crippen LogP contribution in [0.25, 0.3) is 0 Å². The summed E-state index contributed by atoms with van der Waals surface area (Å²) >= 11 is 1.72. The standard InChI is InChI=1S/C27H40N2O2S/c1-5-7-8-9-13-16-26(30)29(22(3)6-2)21-27(31)28(19-24-14-11-10-12-15-24)20-25-18-17-23(4)32-25/h10-12,14-15,17-18,22H,5-9,13,16,19-21H2,1-4H3. The smallest absolute Gasteiger partial charge is 0.242 e. The molecular formula is C27H40N2O2S. The number of nitrogens with zero attached hydrogens (tertiary/aromatic N) is 2. The molecule has 0 aliphatic carbocycles. The van der Waals surface area contributed by atoms with Crippen molar-refractivity contribution in [1.82, 2.24) is 9.80 Å². The number of hydrogen-bond acceptors (Lipinski definition) is 3. The van der Waals surface area contributed by atoms with Crippen LogP contribution in [0.5, 0.6) is 0 Å². The largest absolute Gasteiger partial charge is 0.332 e. The summed E-state index contributed by atoms with van der Waals surface area (Å²) in [6, 6.07) is 14.3. The van der Waals surface area contributed by atoms with Crippen LogP contribution in [0.1, 0.15) is 81.0 Å². The van der Waals surface area contributed by atoms with Gasteiger partial charge in [0.1, 0.15) is 6.54 Å². The molecule has 1 aromatic heterocycles. The molecule has 1 atom stereocenters. The Morgan fingerprint density at radius 1 is 0.906 bits per heavy atom. The molecule has 0 spiro atoms. The van der Waals surface area contributed by atoms with Crippen LogP contribution in [0.3, 0.4) is 0 Å². The molecule has 5 heteroatoms. The van der Waals surface area contributed by atoms with Crippen LogP contribution in [-0.4, -0.2) is 34.2 Å². The molecule has 1 aromatic carbocycles. The third-order valence-electron chi connectivity index (χ3n) is 5.95. The number of carbonyl (C=O) groups excluding carboxylic acids is 2. The number of unbranched alkanes of at least 4 members (excludes halogenated alkanes) is 4. The fraction of sp³-hybridized carbons (Fsp3) is 0.556. The average molecular weight is 457 g/mol. The number of benzene rings is 1. The Morgan fingerprint density at radius 3 is 2.25 bits per heavy atom. The molecule has 4 nitrogen and oxygen atoms in total. The first-order chi connectivity index (χ1) is 15.4. The Morgan fingerprint density at radius 2 is 1.62 bits per heavy atom. The Kier molecular flexibility index (Phi) is 11.5. The molecule has 2 aromatic rings. The van der Waals surface area contributed by atoms with Crippen LogP contribution >= 0.6 is 11.3 Å². The zero-order chi connectivity index (χ0) is 23.3. The van der Waals surface area contributed by atoms with Crippen LogP contribution in [0.15, 0.2) is 42.5 Å². The van der Waals surface area contributed by atoms with Crippen molar-refractivity contribution in [2.45, 2.75) is 91.8 Å². The molecule has 0 bridgehead atoms. The van der Waals surface area contributed by atoms with E-state index >= 15 is 0 Å². The van der Waals surface area contributed by atoms with Crippen LogP contribution < -0.4 is 0 Å². The average Bonchev–Trinajstić information content (AvgIpc) is 3.21. The van der Waals surface area contributed by atoms with E-state index in [0.29, 0.717) is 19.5 Å². The highest BCUT2D eigenvalue weighted by atomic mass is 32.1. The van der Waals surface area contributed by atoms with E-state index in [2.05, 4.69) is 32.9 Å². The molecule has 0 saturated carbocycles. The Bertz CT molecular complexity index is 818. The number of rotatable bonds is 14. The number of aryl methyl sites for hydroxylation is 1. The predicted octanol–water partition coefficient (Wildman–Crippen LogP) is 6.57. The lowest BCUT2D eigenvalue weighted by Crippen LogP contribution is -2.46. The monoisotopic (exact) mass is 456 g/mol. The number of hydrogen-bond donors (Lipinski definition) is 0. The quantitative estimate of drug-likeness (QED) is 0.302. The highest BCUT2D eigenvalue weighted by molar-refractivity contribution is 7.11. The van der Waals surface area contributed by atoms with E-state index in [4.69, 9.17) is 0 Å². The van der Waals surface area contributed by atoms with Crippen molar-refractivity contribution in [3.8, 4) is 0 Å². The predicted molar refractivity (Wildman–Crippen MR) is 135 cm³/mol. The minimum Gasteiger partial charge on any atom is -0.332 e. The topological polar surface area (TPSA) is 40.6 Å². The zero-order valence-corrected chi connectivity index (χ0v) is 21.1. The zero-order valence-electron chi connectivity index (χ0n) is 20.3. The van der Waals surface area contributed by atoms with Crippen molar-refractivity contribution in [1.29, 1.82) is 0 Å². The van der Waals surface area contributed by atoms with Gasteiger partial charge in [0.15, 0.2) is 0 Å². The fourth-order valence-electron chi connectivity index (χ4n) is 3.77. The highest BCUT2D eigenvalue weighted by Crippen LogP contribution is 2.20. The first-order valence-corrected chi connectivity index (χ1v) is 12.9. The van der Waals surface area contributed by atoms with Gasteiger partial charge in [0.05, 0.1) is 6.54 Å². The van der Waals surface area contributed by atoms with E-state index < -0.39 is 0 Å². The second kappa shape index (κ2) is 14.1. The summed E-state index contributed by atoms with van der Waals surface area (Å²) < 4.78 is 0. The van der Waals surface area contributed by atoms with Gasteiger partial charge in [-0.2, -0.15) is 0 Å². The molecule has 32 heavy (non-hydrogen) atoms. The van der Waals surface area contributed by atoms with E-state index in [0.717, 1.165) is 24.8 Å². The molecule has 1 heterocycles. The summed E-state index contributed by atoms with van der Waals surface area (Å²) in [5, 5.41) is 0. The van der Waals surface area contributed by atoms with Gasteiger partial charge in [0, 0.05) is 28.8 Å². The lowest BCUT2D eigenvalue weighted by molar-refractivity contribution is -0.143. The lowest BCUT2D eigenvalue weighted by atomic mass is 10.1. The summed E-state index contributed by atoms with van der Waals surface area (Å²) in [4.78, 5) is 32.6. The summed E-state index contributed by atoms with van der Waals surface area (Å²) in [6.07, 6.45) is 6.96. The molecule has 0 aliphatic heterocycles. The van der Waals surface area contributed by atoms with Gasteiger partial charge in [0.25, 0.3) is 0 Å². The third-order valence-corrected chi connectivity index (χ3v) is 6.94. The van der Waals surface area contributed by atoms with Crippen molar-refractivity contribution < 1.29 is 9.59 Å². The van der Waals surface area contributed by atoms with E-state index in [9.17, 15) is 9.59 Å². The van der Waals surface area contributed by atoms with Gasteiger partial charge < -0.3 is 9.80 Å². The van der Waals surface area contributed by atoms with Crippen molar-refractivity contribution in [3.63, 3.8) is 0 Å². The van der Waals surface area contributed by atoms with Gasteiger partial charge in [-0.15, -0.1) is 11.3 Å². The molecule has 0 aliphatic rings. The number of amides is 2. The van der Waals surface area contributed by atoms with Crippen LogP contribution in [0.4, 0.5) is 0 Å². The van der Waals surface area contributed by atoms with Crippen molar-refractivity contribution in [3.05, 3.63) is 57.8 Å². The maximum absolute atomic E-state index is 13.4. The summed E-state index contributed by atoms with van der Waals surface area (Å²) in [6.45, 7) is 9.68. The van der Waals surface area contributed by atoms with Crippen molar-refractivity contribution >= 4 is 23.2 Å². The molecule has 0 N–H and O–H groups in total. The molecular weight excluding hydrogens is 416 g/mol. The fourth-order valence-corrected chi connectivity index (χ4v) is 4.68. The lowest BCUT2D eigenvalue weighted by Gasteiger charge is -2.31. The van der Waals surface area contributed by atoms with Gasteiger partial charge in [0.2, 0.25) is 11.8 Å². The van der Waals surface area contributed by atoms with E-state index in [1.54, 1.807) is 16.2 Å². The third kappa shape index (κ3) is 8.78. The van der Waals surface area contributed by atoms with Gasteiger partial charge in [-0.3, -0.25) is 9.59 Å². The van der Waals surface area contributed by atoms with Gasteiger partial charge in [-0.1, -0.05) is 69.9 Å². The summed E-state index contributed by atoms with van der Waals surface area (Å²) in [7, 11) is 0. The Balaban J connectivity index is 2.08. The van der Waals surface area contributed by atoms with E-state index in [-0.39, 0.29) is 24.4 Å². The van der Waals surface area contributed by atoms with E-state index in [1.165, 1.54) is 29.0 Å². The molecule has 176 valence electrons. The van der Waals surface area contributed by atoms with Crippen LogP contribution in [0, 0.1) is 6.92 Å². The molecule has 1 unspecified atom stereocenters. The maximum atomic E-state index is 13.4. The SMILES string of the molecule is CCCCCCCC(=O)N(CC(=O)N(Cc1ccccc1)Cc1ccc(C)s1)C(C)CC. The van der Waals surface area contributed by atoms with Gasteiger partial charge in [-0.25, -0.2) is 0 Å². The minimum atomic E-state index is 0.0135. The Labute approximate surface area is 198 Å². The minimum absolute atomic E-state index is 0.0135. The van der Waals surface area contributed by atoms with Crippen LogP contribution in [0.2, 0.25) is 0 Å². The molecule has 0 fully saturated rings. The Hall–Kier alpha value is -2.14. The molecule has 2 rings (SSSR count). The normalized spacial score (nSPS) is 11.9. The highest BCUT2D eigenvalue weighted by Gasteiger charge is 2.25.